The normalized spacial score (nSPS) is 15.1. The van der Waals surface area contributed by atoms with E-state index in [1.807, 2.05) is 31.2 Å². The van der Waals surface area contributed by atoms with E-state index in [0.29, 0.717) is 29.7 Å². The number of hydrogen-bond acceptors (Lipinski definition) is 4. The van der Waals surface area contributed by atoms with Crippen LogP contribution in [-0.2, 0) is 4.74 Å². The van der Waals surface area contributed by atoms with E-state index in [-0.39, 0.29) is 12.0 Å². The van der Waals surface area contributed by atoms with E-state index < -0.39 is 0 Å². The number of halogens is 1. The third kappa shape index (κ3) is 4.24. The minimum Gasteiger partial charge on any atom is -0.473 e. The summed E-state index contributed by atoms with van der Waals surface area (Å²) in [6, 6.07) is 9.15. The maximum absolute atomic E-state index is 12.3. The van der Waals surface area contributed by atoms with E-state index in [9.17, 15) is 4.79 Å². The number of hydrogen-bond donors (Lipinski definition) is 1. The Morgan fingerprint density at radius 1 is 1.29 bits per heavy atom. The van der Waals surface area contributed by atoms with Crippen LogP contribution in [0.5, 0.6) is 5.88 Å². The summed E-state index contributed by atoms with van der Waals surface area (Å²) in [5.74, 6) is 0.0984. The smallest absolute Gasteiger partial charge is 0.257 e. The highest BCUT2D eigenvalue weighted by atomic mass is 35.5. The number of pyridine rings is 1. The van der Waals surface area contributed by atoms with Crippen molar-refractivity contribution in [1.29, 1.82) is 0 Å². The van der Waals surface area contributed by atoms with Gasteiger partial charge in [0.15, 0.2) is 0 Å². The fourth-order valence-corrected chi connectivity index (χ4v) is 2.64. The van der Waals surface area contributed by atoms with Crippen molar-refractivity contribution in [1.82, 2.24) is 4.98 Å². The van der Waals surface area contributed by atoms with Crippen LogP contribution in [0.2, 0.25) is 5.02 Å². The van der Waals surface area contributed by atoms with Crippen molar-refractivity contribution < 1.29 is 14.3 Å². The maximum atomic E-state index is 12.3. The van der Waals surface area contributed by atoms with Crippen LogP contribution in [0.4, 0.5) is 5.69 Å². The van der Waals surface area contributed by atoms with Gasteiger partial charge in [0.05, 0.1) is 18.8 Å². The first-order chi connectivity index (χ1) is 11.6. The van der Waals surface area contributed by atoms with Crippen molar-refractivity contribution in [3.63, 3.8) is 0 Å². The Morgan fingerprint density at radius 2 is 2.00 bits per heavy atom. The van der Waals surface area contributed by atoms with E-state index >= 15 is 0 Å². The van der Waals surface area contributed by atoms with Gasteiger partial charge in [-0.15, -0.1) is 0 Å². The van der Waals surface area contributed by atoms with Gasteiger partial charge in [0.25, 0.3) is 5.91 Å². The van der Waals surface area contributed by atoms with Crippen molar-refractivity contribution in [3.8, 4) is 5.88 Å². The van der Waals surface area contributed by atoms with Gasteiger partial charge in [-0.25, -0.2) is 4.98 Å². The zero-order chi connectivity index (χ0) is 16.9. The Balaban J connectivity index is 1.66. The molecule has 0 atom stereocenters. The number of ether oxygens (including phenoxy) is 2. The number of rotatable bonds is 4. The first-order valence-electron chi connectivity index (χ1n) is 7.90. The zero-order valence-corrected chi connectivity index (χ0v) is 14.2. The van der Waals surface area contributed by atoms with Crippen LogP contribution in [0.25, 0.3) is 0 Å². The van der Waals surface area contributed by atoms with E-state index in [0.717, 1.165) is 24.1 Å². The van der Waals surface area contributed by atoms with E-state index in [1.54, 1.807) is 6.07 Å². The molecular formula is C18H19ClN2O3. The third-order valence-corrected chi connectivity index (χ3v) is 4.10. The molecule has 0 saturated carbocycles. The van der Waals surface area contributed by atoms with Gasteiger partial charge in [-0.05, 0) is 25.1 Å². The molecule has 0 unspecified atom stereocenters. The fourth-order valence-electron chi connectivity index (χ4n) is 2.43. The zero-order valence-electron chi connectivity index (χ0n) is 13.4. The lowest BCUT2D eigenvalue weighted by atomic mass is 10.1. The van der Waals surface area contributed by atoms with Crippen LogP contribution >= 0.6 is 11.6 Å². The second-order valence-electron chi connectivity index (χ2n) is 5.76. The summed E-state index contributed by atoms with van der Waals surface area (Å²) in [5.41, 5.74) is 2.25. The first kappa shape index (κ1) is 16.7. The second-order valence-corrected chi connectivity index (χ2v) is 6.17. The van der Waals surface area contributed by atoms with Crippen molar-refractivity contribution in [2.75, 3.05) is 18.5 Å². The predicted molar refractivity (Wildman–Crippen MR) is 92.8 cm³/mol. The van der Waals surface area contributed by atoms with Gasteiger partial charge in [-0.1, -0.05) is 29.3 Å². The van der Waals surface area contributed by atoms with Gasteiger partial charge in [-0.3, -0.25) is 4.79 Å². The van der Waals surface area contributed by atoms with Crippen LogP contribution < -0.4 is 10.1 Å². The average Bonchev–Trinajstić information content (AvgIpc) is 2.59. The summed E-state index contributed by atoms with van der Waals surface area (Å²) in [7, 11) is 0. The molecule has 1 aromatic carbocycles. The van der Waals surface area contributed by atoms with Gasteiger partial charge in [0.2, 0.25) is 5.88 Å². The lowest BCUT2D eigenvalue weighted by molar-refractivity contribution is 0.0238. The highest BCUT2D eigenvalue weighted by molar-refractivity contribution is 6.32. The molecule has 6 heteroatoms. The van der Waals surface area contributed by atoms with Gasteiger partial charge >= 0.3 is 0 Å². The summed E-state index contributed by atoms with van der Waals surface area (Å²) in [4.78, 5) is 16.5. The van der Waals surface area contributed by atoms with Gasteiger partial charge in [0.1, 0.15) is 11.1 Å². The molecule has 24 heavy (non-hydrogen) atoms. The molecule has 3 rings (SSSR count). The van der Waals surface area contributed by atoms with Crippen molar-refractivity contribution in [3.05, 3.63) is 52.7 Å². The summed E-state index contributed by atoms with van der Waals surface area (Å²) in [6.07, 6.45) is 3.15. The van der Waals surface area contributed by atoms with E-state index in [4.69, 9.17) is 21.1 Å². The molecule has 1 aromatic heterocycles. The maximum Gasteiger partial charge on any atom is 0.257 e. The van der Waals surface area contributed by atoms with E-state index in [2.05, 4.69) is 10.3 Å². The van der Waals surface area contributed by atoms with Crippen LogP contribution in [0.15, 0.2) is 36.5 Å². The van der Waals surface area contributed by atoms with E-state index in [1.165, 1.54) is 6.20 Å². The van der Waals surface area contributed by atoms with Crippen LogP contribution in [0.1, 0.15) is 28.8 Å². The first-order valence-corrected chi connectivity index (χ1v) is 8.27. The molecule has 0 bridgehead atoms. The Bertz CT molecular complexity index is 713. The molecule has 0 aliphatic carbocycles. The minimum absolute atomic E-state index is 0.0518. The number of benzene rings is 1. The van der Waals surface area contributed by atoms with Gasteiger partial charge in [-0.2, -0.15) is 0 Å². The highest BCUT2D eigenvalue weighted by Crippen LogP contribution is 2.26. The molecule has 1 aliphatic rings. The van der Waals surface area contributed by atoms with Crippen LogP contribution in [0, 0.1) is 6.92 Å². The summed E-state index contributed by atoms with van der Waals surface area (Å²) >= 11 is 6.22. The number of amides is 1. The highest BCUT2D eigenvalue weighted by Gasteiger charge is 2.18. The van der Waals surface area contributed by atoms with Crippen molar-refractivity contribution in [2.45, 2.75) is 25.9 Å². The molecule has 1 aliphatic heterocycles. The third-order valence-electron chi connectivity index (χ3n) is 3.83. The number of carbonyl (C=O) groups excluding carboxylic acids is 1. The minimum atomic E-state index is -0.258. The molecule has 0 spiro atoms. The molecule has 1 fully saturated rings. The van der Waals surface area contributed by atoms with Crippen LogP contribution in [0.3, 0.4) is 0 Å². The lowest BCUT2D eigenvalue weighted by Gasteiger charge is -2.23. The van der Waals surface area contributed by atoms with Crippen LogP contribution in [-0.4, -0.2) is 30.2 Å². The number of nitrogens with one attached hydrogen (secondary N) is 1. The van der Waals surface area contributed by atoms with Gasteiger partial charge < -0.3 is 14.8 Å². The Kier molecular flexibility index (Phi) is 5.33. The number of aromatic nitrogens is 1. The average molecular weight is 347 g/mol. The second kappa shape index (κ2) is 7.64. The number of carbonyl (C=O) groups is 1. The Labute approximate surface area is 145 Å². The lowest BCUT2D eigenvalue weighted by Crippen LogP contribution is -2.26. The SMILES string of the molecule is Cc1ccc(NC(=O)c2cnc(OC3CCOCC3)c(Cl)c2)cc1. The van der Waals surface area contributed by atoms with Crippen molar-refractivity contribution >= 4 is 23.2 Å². The molecule has 126 valence electrons. The Morgan fingerprint density at radius 3 is 2.67 bits per heavy atom. The molecule has 1 amide bonds. The molecular weight excluding hydrogens is 328 g/mol. The number of anilines is 1. The molecule has 2 aromatic rings. The molecule has 1 N–H and O–H groups in total. The number of aryl methyl sites for hydroxylation is 1. The predicted octanol–water partition coefficient (Wildman–Crippen LogP) is 3.85. The monoisotopic (exact) mass is 346 g/mol. The van der Waals surface area contributed by atoms with Crippen molar-refractivity contribution in [2.24, 2.45) is 0 Å². The molecule has 1 saturated heterocycles. The summed E-state index contributed by atoms with van der Waals surface area (Å²) in [5, 5.41) is 3.15. The summed E-state index contributed by atoms with van der Waals surface area (Å²) < 4.78 is 11.1. The van der Waals surface area contributed by atoms with Gasteiger partial charge in [0, 0.05) is 24.7 Å². The fraction of sp³-hybridized carbons (Fsp3) is 0.333. The number of nitrogens with zero attached hydrogens (tertiary/aromatic N) is 1. The Hall–Kier alpha value is -2.11. The molecule has 5 nitrogen and oxygen atoms in total. The molecule has 2 heterocycles. The quantitative estimate of drug-likeness (QED) is 0.913. The standard InChI is InChI=1S/C18H19ClN2O3/c1-12-2-4-14(5-3-12)21-17(22)13-10-16(19)18(20-11-13)24-15-6-8-23-9-7-15/h2-5,10-11,15H,6-9H2,1H3,(H,21,22). The topological polar surface area (TPSA) is 60.5 Å². The largest absolute Gasteiger partial charge is 0.473 e. The summed E-state index contributed by atoms with van der Waals surface area (Å²) in [6.45, 7) is 3.35. The molecule has 0 radical (unpaired) electrons.